The highest BCUT2D eigenvalue weighted by molar-refractivity contribution is 7.10. The Balaban J connectivity index is 2.09. The van der Waals surface area contributed by atoms with Gasteiger partial charge in [0.15, 0.2) is 0 Å². The Kier molecular flexibility index (Phi) is 3.44. The minimum atomic E-state index is -0.557. The molecule has 0 radical (unpaired) electrons. The second-order valence-corrected chi connectivity index (χ2v) is 5.24. The van der Waals surface area contributed by atoms with E-state index in [0.717, 1.165) is 43.8 Å². The van der Waals surface area contributed by atoms with Crippen LogP contribution in [0.25, 0.3) is 0 Å². The van der Waals surface area contributed by atoms with E-state index < -0.39 is 5.60 Å². The van der Waals surface area contributed by atoms with Crippen LogP contribution >= 0.6 is 11.3 Å². The maximum absolute atomic E-state index is 10.6. The third kappa shape index (κ3) is 2.41. The zero-order valence-electron chi connectivity index (χ0n) is 9.28. The summed E-state index contributed by atoms with van der Waals surface area (Å²) in [6.45, 7) is 5.44. The van der Waals surface area contributed by atoms with E-state index >= 15 is 0 Å². The van der Waals surface area contributed by atoms with E-state index in [4.69, 9.17) is 0 Å². The highest BCUT2D eigenvalue weighted by atomic mass is 32.1. The Bertz CT molecular complexity index is 299. The molecule has 84 valence electrons. The molecular weight excluding hydrogens is 206 g/mol. The maximum Gasteiger partial charge on any atom is 0.1000 e. The number of rotatable bonds is 2. The fraction of sp³-hybridized carbons (Fsp3) is 0.667. The van der Waals surface area contributed by atoms with Gasteiger partial charge in [-0.25, -0.2) is 0 Å². The summed E-state index contributed by atoms with van der Waals surface area (Å²) in [6, 6.07) is 4.09. The topological polar surface area (TPSA) is 23.5 Å². The molecule has 1 aromatic rings. The SMILES string of the molecule is CCN1CCCC(O)(c2cccs2)CC1. The van der Waals surface area contributed by atoms with Gasteiger partial charge in [-0.15, -0.1) is 11.3 Å². The van der Waals surface area contributed by atoms with Gasteiger partial charge in [0.05, 0.1) is 5.60 Å². The van der Waals surface area contributed by atoms with Crippen LogP contribution < -0.4 is 0 Å². The molecule has 2 heterocycles. The molecule has 1 unspecified atom stereocenters. The average molecular weight is 225 g/mol. The van der Waals surface area contributed by atoms with Crippen LogP contribution in [0.15, 0.2) is 17.5 Å². The average Bonchev–Trinajstić information content (AvgIpc) is 2.71. The van der Waals surface area contributed by atoms with Gasteiger partial charge in [0, 0.05) is 11.4 Å². The van der Waals surface area contributed by atoms with Gasteiger partial charge < -0.3 is 10.0 Å². The zero-order valence-corrected chi connectivity index (χ0v) is 10.1. The minimum Gasteiger partial charge on any atom is -0.384 e. The molecule has 0 spiro atoms. The van der Waals surface area contributed by atoms with E-state index in [0.29, 0.717) is 0 Å². The Hall–Kier alpha value is -0.380. The van der Waals surface area contributed by atoms with E-state index in [2.05, 4.69) is 23.3 Å². The standard InChI is InChI=1S/C12H19NOS/c1-2-13-8-4-6-12(14,7-9-13)11-5-3-10-15-11/h3,5,10,14H,2,4,6-9H2,1H3. The van der Waals surface area contributed by atoms with Gasteiger partial charge in [-0.3, -0.25) is 0 Å². The smallest absolute Gasteiger partial charge is 0.1000 e. The molecule has 1 saturated heterocycles. The lowest BCUT2D eigenvalue weighted by molar-refractivity contribution is 0.0250. The second-order valence-electron chi connectivity index (χ2n) is 4.30. The van der Waals surface area contributed by atoms with E-state index in [-0.39, 0.29) is 0 Å². The Morgan fingerprint density at radius 2 is 2.33 bits per heavy atom. The first-order valence-electron chi connectivity index (χ1n) is 5.73. The molecule has 1 atom stereocenters. The lowest BCUT2D eigenvalue weighted by Crippen LogP contribution is -2.28. The van der Waals surface area contributed by atoms with Gasteiger partial charge in [-0.2, -0.15) is 0 Å². The van der Waals surface area contributed by atoms with Gasteiger partial charge in [-0.05, 0) is 43.8 Å². The molecule has 3 heteroatoms. The van der Waals surface area contributed by atoms with Crippen LogP contribution in [0, 0.1) is 0 Å². The summed E-state index contributed by atoms with van der Waals surface area (Å²) < 4.78 is 0. The van der Waals surface area contributed by atoms with Gasteiger partial charge in [0.25, 0.3) is 0 Å². The number of likely N-dealkylation sites (tertiary alicyclic amines) is 1. The monoisotopic (exact) mass is 225 g/mol. The van der Waals surface area contributed by atoms with Crippen LogP contribution in [0.1, 0.15) is 31.1 Å². The summed E-state index contributed by atoms with van der Waals surface area (Å²) in [5.74, 6) is 0. The summed E-state index contributed by atoms with van der Waals surface area (Å²) in [7, 11) is 0. The number of thiophene rings is 1. The van der Waals surface area contributed by atoms with E-state index in [1.165, 1.54) is 0 Å². The van der Waals surface area contributed by atoms with Crippen molar-refractivity contribution in [1.29, 1.82) is 0 Å². The molecule has 2 rings (SSSR count). The van der Waals surface area contributed by atoms with E-state index in [9.17, 15) is 5.11 Å². The van der Waals surface area contributed by atoms with Crippen LogP contribution in [0.3, 0.4) is 0 Å². The lowest BCUT2D eigenvalue weighted by atomic mass is 9.93. The summed E-state index contributed by atoms with van der Waals surface area (Å²) in [4.78, 5) is 3.56. The molecule has 1 fully saturated rings. The molecular formula is C12H19NOS. The first kappa shape index (κ1) is 11.1. The number of aliphatic hydroxyl groups is 1. The fourth-order valence-electron chi connectivity index (χ4n) is 2.28. The van der Waals surface area contributed by atoms with Gasteiger partial charge in [-0.1, -0.05) is 13.0 Å². The van der Waals surface area contributed by atoms with Crippen molar-refractivity contribution in [2.75, 3.05) is 19.6 Å². The number of hydrogen-bond acceptors (Lipinski definition) is 3. The molecule has 2 nitrogen and oxygen atoms in total. The molecule has 0 saturated carbocycles. The first-order chi connectivity index (χ1) is 7.24. The zero-order chi connectivity index (χ0) is 10.7. The molecule has 0 aliphatic carbocycles. The van der Waals surface area contributed by atoms with Crippen molar-refractivity contribution in [2.45, 2.75) is 31.8 Å². The summed E-state index contributed by atoms with van der Waals surface area (Å²) >= 11 is 1.68. The summed E-state index contributed by atoms with van der Waals surface area (Å²) in [5.41, 5.74) is -0.557. The molecule has 1 N–H and O–H groups in total. The van der Waals surface area contributed by atoms with Crippen molar-refractivity contribution >= 4 is 11.3 Å². The van der Waals surface area contributed by atoms with Crippen LogP contribution in [0.2, 0.25) is 0 Å². The van der Waals surface area contributed by atoms with Crippen molar-refractivity contribution in [3.8, 4) is 0 Å². The maximum atomic E-state index is 10.6. The lowest BCUT2D eigenvalue weighted by Gasteiger charge is -2.25. The van der Waals surface area contributed by atoms with Crippen molar-refractivity contribution in [3.63, 3.8) is 0 Å². The van der Waals surface area contributed by atoms with Crippen molar-refractivity contribution in [1.82, 2.24) is 4.90 Å². The van der Waals surface area contributed by atoms with Crippen LogP contribution in [0.4, 0.5) is 0 Å². The third-order valence-corrected chi connectivity index (χ3v) is 4.40. The van der Waals surface area contributed by atoms with Crippen LogP contribution in [0.5, 0.6) is 0 Å². The van der Waals surface area contributed by atoms with Crippen molar-refractivity contribution in [3.05, 3.63) is 22.4 Å². The summed E-state index contributed by atoms with van der Waals surface area (Å²) in [6.07, 6.45) is 2.88. The molecule has 1 aliphatic heterocycles. The minimum absolute atomic E-state index is 0.557. The Morgan fingerprint density at radius 1 is 1.47 bits per heavy atom. The number of nitrogens with zero attached hydrogens (tertiary/aromatic N) is 1. The largest absolute Gasteiger partial charge is 0.384 e. The summed E-state index contributed by atoms with van der Waals surface area (Å²) in [5, 5.41) is 12.7. The van der Waals surface area contributed by atoms with Crippen molar-refractivity contribution in [2.24, 2.45) is 0 Å². The first-order valence-corrected chi connectivity index (χ1v) is 6.61. The number of hydrogen-bond donors (Lipinski definition) is 1. The Morgan fingerprint density at radius 3 is 3.00 bits per heavy atom. The quantitative estimate of drug-likeness (QED) is 0.835. The normalized spacial score (nSPS) is 28.9. The van der Waals surface area contributed by atoms with Gasteiger partial charge >= 0.3 is 0 Å². The van der Waals surface area contributed by atoms with Crippen molar-refractivity contribution < 1.29 is 5.11 Å². The molecule has 0 aromatic carbocycles. The molecule has 1 aliphatic rings. The predicted octanol–water partition coefficient (Wildman–Crippen LogP) is 2.44. The molecule has 0 amide bonds. The molecule has 1 aromatic heterocycles. The highest BCUT2D eigenvalue weighted by Gasteiger charge is 2.32. The second kappa shape index (κ2) is 4.64. The van der Waals surface area contributed by atoms with E-state index in [1.54, 1.807) is 11.3 Å². The van der Waals surface area contributed by atoms with E-state index in [1.807, 2.05) is 6.07 Å². The molecule has 15 heavy (non-hydrogen) atoms. The highest BCUT2D eigenvalue weighted by Crippen LogP contribution is 2.35. The predicted molar refractivity (Wildman–Crippen MR) is 64.2 cm³/mol. The van der Waals surface area contributed by atoms with Crippen LogP contribution in [-0.2, 0) is 5.60 Å². The van der Waals surface area contributed by atoms with Gasteiger partial charge in [0.2, 0.25) is 0 Å². The third-order valence-electron chi connectivity index (χ3n) is 3.33. The Labute approximate surface area is 95.5 Å². The fourth-order valence-corrected chi connectivity index (χ4v) is 3.17. The molecule has 0 bridgehead atoms. The van der Waals surface area contributed by atoms with Crippen LogP contribution in [-0.4, -0.2) is 29.6 Å². The van der Waals surface area contributed by atoms with Gasteiger partial charge in [0.1, 0.15) is 0 Å².